The summed E-state index contributed by atoms with van der Waals surface area (Å²) in [6.07, 6.45) is 1.54. The number of para-hydroxylation sites is 1. The van der Waals surface area contributed by atoms with Gasteiger partial charge in [-0.3, -0.25) is 10.5 Å². The average Bonchev–Trinajstić information content (AvgIpc) is 3.07. The Morgan fingerprint density at radius 1 is 1.35 bits per heavy atom. The molecule has 1 atom stereocenters. The number of aryl methyl sites for hydroxylation is 2. The summed E-state index contributed by atoms with van der Waals surface area (Å²) in [5.41, 5.74) is 4.72. The molecule has 0 aliphatic rings. The second-order valence-electron chi connectivity index (χ2n) is 4.56. The number of fused-ring (bicyclic) bond motifs is 1. The zero-order chi connectivity index (χ0) is 14.1. The molecule has 3 N–H and O–H groups in total. The van der Waals surface area contributed by atoms with E-state index in [4.69, 9.17) is 5.84 Å². The molecule has 3 rings (SSSR count). The Kier molecular flexibility index (Phi) is 3.21. The number of hydrazine groups is 1. The summed E-state index contributed by atoms with van der Waals surface area (Å²) in [5, 5.41) is 9.84. The summed E-state index contributed by atoms with van der Waals surface area (Å²) in [5.74, 6) is 6.50. The quantitative estimate of drug-likeness (QED) is 0.540. The molecule has 1 unspecified atom stereocenters. The highest BCUT2D eigenvalue weighted by Gasteiger charge is 2.23. The maximum atomic E-state index is 5.74. The summed E-state index contributed by atoms with van der Waals surface area (Å²) in [6.45, 7) is 2.75. The Labute approximate surface area is 116 Å². The topological polar surface area (TPSA) is 86.6 Å². The molecule has 7 heteroatoms. The molecular weight excluding hydrogens is 254 g/mol. The van der Waals surface area contributed by atoms with E-state index in [0.29, 0.717) is 0 Å². The molecule has 2 heterocycles. The molecule has 0 bridgehead atoms. The van der Waals surface area contributed by atoms with E-state index in [9.17, 15) is 0 Å². The van der Waals surface area contributed by atoms with Gasteiger partial charge >= 0.3 is 0 Å². The molecule has 0 amide bonds. The lowest BCUT2D eigenvalue weighted by molar-refractivity contribution is 0.521. The standard InChI is InChI=1S/C13H17N7/c1-3-20-13(15-8-16-20)12(17-14)11-9-6-4-5-7-10(9)19(2)18-11/h4-8,12,17H,3,14H2,1-2H3. The number of benzene rings is 1. The Morgan fingerprint density at radius 2 is 2.15 bits per heavy atom. The predicted octanol–water partition coefficient (Wildman–Crippen LogP) is 0.737. The van der Waals surface area contributed by atoms with E-state index < -0.39 is 0 Å². The maximum Gasteiger partial charge on any atom is 0.151 e. The lowest BCUT2D eigenvalue weighted by atomic mass is 10.1. The second kappa shape index (κ2) is 5.03. The number of hydrogen-bond acceptors (Lipinski definition) is 5. The van der Waals surface area contributed by atoms with E-state index >= 15 is 0 Å². The van der Waals surface area contributed by atoms with Gasteiger partial charge in [-0.1, -0.05) is 18.2 Å². The normalized spacial score (nSPS) is 12.9. The first-order valence-corrected chi connectivity index (χ1v) is 6.51. The Hall–Kier alpha value is -2.25. The van der Waals surface area contributed by atoms with Crippen molar-refractivity contribution in [1.29, 1.82) is 0 Å². The van der Waals surface area contributed by atoms with Crippen LogP contribution in [0.15, 0.2) is 30.6 Å². The first-order valence-electron chi connectivity index (χ1n) is 6.51. The van der Waals surface area contributed by atoms with Gasteiger partial charge in [0.05, 0.1) is 11.2 Å². The average molecular weight is 271 g/mol. The van der Waals surface area contributed by atoms with E-state index in [1.807, 2.05) is 47.6 Å². The number of rotatable bonds is 4. The zero-order valence-corrected chi connectivity index (χ0v) is 11.5. The monoisotopic (exact) mass is 271 g/mol. The van der Waals surface area contributed by atoms with E-state index in [2.05, 4.69) is 20.6 Å². The summed E-state index contributed by atoms with van der Waals surface area (Å²) < 4.78 is 3.66. The van der Waals surface area contributed by atoms with E-state index in [0.717, 1.165) is 29.0 Å². The lowest BCUT2D eigenvalue weighted by Gasteiger charge is -2.14. The largest absolute Gasteiger partial charge is 0.270 e. The van der Waals surface area contributed by atoms with Crippen molar-refractivity contribution in [3.63, 3.8) is 0 Å². The Balaban J connectivity index is 2.17. The molecule has 0 aliphatic carbocycles. The van der Waals surface area contributed by atoms with Crippen LogP contribution in [0.2, 0.25) is 0 Å². The molecule has 7 nitrogen and oxygen atoms in total. The fraction of sp³-hybridized carbons (Fsp3) is 0.308. The molecule has 1 aromatic carbocycles. The van der Waals surface area contributed by atoms with Gasteiger partial charge in [0.2, 0.25) is 0 Å². The smallest absolute Gasteiger partial charge is 0.151 e. The molecule has 0 fully saturated rings. The van der Waals surface area contributed by atoms with Gasteiger partial charge in [0.15, 0.2) is 5.82 Å². The number of nitrogens with one attached hydrogen (secondary N) is 1. The molecule has 0 radical (unpaired) electrons. The van der Waals surface area contributed by atoms with Crippen LogP contribution in [0.25, 0.3) is 10.9 Å². The number of nitrogens with two attached hydrogens (primary N) is 1. The van der Waals surface area contributed by atoms with Crippen LogP contribution in [0.5, 0.6) is 0 Å². The molecule has 0 aliphatic heterocycles. The van der Waals surface area contributed by atoms with Gasteiger partial charge < -0.3 is 0 Å². The van der Waals surface area contributed by atoms with E-state index in [1.54, 1.807) is 0 Å². The highest BCUT2D eigenvalue weighted by atomic mass is 15.4. The van der Waals surface area contributed by atoms with Gasteiger partial charge in [-0.05, 0) is 13.0 Å². The molecule has 0 saturated heterocycles. The SMILES string of the molecule is CCn1ncnc1C(NN)c1nn(C)c2ccccc12. The minimum atomic E-state index is -0.288. The molecular formula is C13H17N7. The van der Waals surface area contributed by atoms with Crippen molar-refractivity contribution in [1.82, 2.24) is 30.0 Å². The van der Waals surface area contributed by atoms with Crippen molar-refractivity contribution >= 4 is 10.9 Å². The van der Waals surface area contributed by atoms with Crippen LogP contribution in [-0.4, -0.2) is 24.5 Å². The van der Waals surface area contributed by atoms with E-state index in [-0.39, 0.29) is 6.04 Å². The van der Waals surface area contributed by atoms with Crippen LogP contribution in [0.3, 0.4) is 0 Å². The Bertz CT molecular complexity index is 727. The van der Waals surface area contributed by atoms with Crippen molar-refractivity contribution in [2.75, 3.05) is 0 Å². The van der Waals surface area contributed by atoms with Crippen molar-refractivity contribution < 1.29 is 0 Å². The van der Waals surface area contributed by atoms with Gasteiger partial charge in [-0.2, -0.15) is 10.2 Å². The highest BCUT2D eigenvalue weighted by molar-refractivity contribution is 5.82. The molecule has 20 heavy (non-hydrogen) atoms. The fourth-order valence-electron chi connectivity index (χ4n) is 2.47. The van der Waals surface area contributed by atoms with Gasteiger partial charge in [0.1, 0.15) is 12.4 Å². The lowest BCUT2D eigenvalue weighted by Crippen LogP contribution is -2.31. The van der Waals surface area contributed by atoms with Crippen molar-refractivity contribution in [2.24, 2.45) is 12.9 Å². The zero-order valence-electron chi connectivity index (χ0n) is 11.5. The molecule has 2 aromatic heterocycles. The van der Waals surface area contributed by atoms with Crippen LogP contribution >= 0.6 is 0 Å². The van der Waals surface area contributed by atoms with Crippen LogP contribution in [0, 0.1) is 0 Å². The van der Waals surface area contributed by atoms with Crippen molar-refractivity contribution in [3.8, 4) is 0 Å². The summed E-state index contributed by atoms with van der Waals surface area (Å²) in [4.78, 5) is 4.31. The summed E-state index contributed by atoms with van der Waals surface area (Å²) >= 11 is 0. The molecule has 0 saturated carbocycles. The first-order chi connectivity index (χ1) is 9.76. The molecule has 104 valence electrons. The number of aromatic nitrogens is 5. The van der Waals surface area contributed by atoms with E-state index in [1.165, 1.54) is 6.33 Å². The third-order valence-electron chi connectivity index (χ3n) is 3.43. The highest BCUT2D eigenvalue weighted by Crippen LogP contribution is 2.26. The minimum Gasteiger partial charge on any atom is -0.270 e. The maximum absolute atomic E-state index is 5.74. The minimum absolute atomic E-state index is 0.288. The van der Waals surface area contributed by atoms with Crippen molar-refractivity contribution in [2.45, 2.75) is 19.5 Å². The summed E-state index contributed by atoms with van der Waals surface area (Å²) in [7, 11) is 1.92. The Morgan fingerprint density at radius 3 is 2.90 bits per heavy atom. The second-order valence-corrected chi connectivity index (χ2v) is 4.56. The van der Waals surface area contributed by atoms with Crippen LogP contribution in [0.4, 0.5) is 0 Å². The predicted molar refractivity (Wildman–Crippen MR) is 75.6 cm³/mol. The number of nitrogens with zero attached hydrogens (tertiary/aromatic N) is 5. The van der Waals surface area contributed by atoms with Gasteiger partial charge in [-0.15, -0.1) is 0 Å². The first kappa shape index (κ1) is 12.8. The van der Waals surface area contributed by atoms with Crippen LogP contribution in [0.1, 0.15) is 24.5 Å². The van der Waals surface area contributed by atoms with Crippen LogP contribution < -0.4 is 11.3 Å². The molecule has 3 aromatic rings. The molecule has 0 spiro atoms. The third kappa shape index (κ3) is 1.87. The van der Waals surface area contributed by atoms with Gasteiger partial charge in [0, 0.05) is 19.0 Å². The van der Waals surface area contributed by atoms with Crippen molar-refractivity contribution in [3.05, 3.63) is 42.1 Å². The fourth-order valence-corrected chi connectivity index (χ4v) is 2.47. The van der Waals surface area contributed by atoms with Crippen LogP contribution in [-0.2, 0) is 13.6 Å². The third-order valence-corrected chi connectivity index (χ3v) is 3.43. The van der Waals surface area contributed by atoms with Gasteiger partial charge in [-0.25, -0.2) is 15.1 Å². The summed E-state index contributed by atoms with van der Waals surface area (Å²) in [6, 6.07) is 7.76. The number of hydrogen-bond donors (Lipinski definition) is 2. The van der Waals surface area contributed by atoms with Gasteiger partial charge in [0.25, 0.3) is 0 Å².